The van der Waals surface area contributed by atoms with E-state index in [-0.39, 0.29) is 48.6 Å². The van der Waals surface area contributed by atoms with Gasteiger partial charge in [0.25, 0.3) is 11.8 Å². The lowest BCUT2D eigenvalue weighted by Crippen LogP contribution is -2.46. The van der Waals surface area contributed by atoms with Gasteiger partial charge in [-0.05, 0) is 42.7 Å². The maximum Gasteiger partial charge on any atom is 0.261 e. The van der Waals surface area contributed by atoms with Gasteiger partial charge in [-0.2, -0.15) is 0 Å². The summed E-state index contributed by atoms with van der Waals surface area (Å²) in [4.78, 5) is 58.0. The van der Waals surface area contributed by atoms with Gasteiger partial charge < -0.3 is 9.80 Å². The van der Waals surface area contributed by atoms with E-state index in [9.17, 15) is 19.2 Å². The first-order valence-electron chi connectivity index (χ1n) is 12.8. The Morgan fingerprint density at radius 1 is 0.730 bits per heavy atom. The fraction of sp³-hybridized carbons (Fsp3) is 0.267. The van der Waals surface area contributed by atoms with Crippen LogP contribution < -0.4 is 9.80 Å². The molecular formula is C30H27N3O4. The second-order valence-electron chi connectivity index (χ2n) is 9.82. The van der Waals surface area contributed by atoms with Crippen molar-refractivity contribution < 1.29 is 19.2 Å². The minimum Gasteiger partial charge on any atom is -0.306 e. The summed E-state index contributed by atoms with van der Waals surface area (Å²) in [6.07, 6.45) is 2.33. The third-order valence-electron chi connectivity index (χ3n) is 7.71. The Kier molecular flexibility index (Phi) is 5.83. The molecule has 0 radical (unpaired) electrons. The summed E-state index contributed by atoms with van der Waals surface area (Å²) < 4.78 is 0. The Hall–Kier alpha value is -4.26. The van der Waals surface area contributed by atoms with Crippen molar-refractivity contribution in [2.45, 2.75) is 38.3 Å². The van der Waals surface area contributed by atoms with Crippen LogP contribution in [-0.4, -0.2) is 41.1 Å². The van der Waals surface area contributed by atoms with Crippen molar-refractivity contribution in [3.05, 3.63) is 95.6 Å². The van der Waals surface area contributed by atoms with Gasteiger partial charge in [-0.1, -0.05) is 61.0 Å². The molecule has 1 saturated carbocycles. The van der Waals surface area contributed by atoms with E-state index in [1.54, 1.807) is 29.2 Å². The molecule has 2 aliphatic heterocycles. The van der Waals surface area contributed by atoms with Gasteiger partial charge in [0.05, 0.1) is 35.0 Å². The molecule has 0 bridgehead atoms. The minimum atomic E-state index is -0.368. The molecule has 1 aliphatic carbocycles. The number of rotatable bonds is 5. The number of fused-ring (bicyclic) bond motifs is 3. The first-order chi connectivity index (χ1) is 18.0. The molecular weight excluding hydrogens is 466 g/mol. The molecule has 4 amide bonds. The zero-order valence-corrected chi connectivity index (χ0v) is 20.4. The van der Waals surface area contributed by atoms with Gasteiger partial charge in [-0.15, -0.1) is 0 Å². The molecule has 0 spiro atoms. The zero-order valence-electron chi connectivity index (χ0n) is 20.4. The molecule has 6 rings (SSSR count). The fourth-order valence-electron chi connectivity index (χ4n) is 5.95. The molecule has 2 heterocycles. The molecule has 1 fully saturated rings. The highest BCUT2D eigenvalue weighted by Crippen LogP contribution is 2.43. The van der Waals surface area contributed by atoms with Gasteiger partial charge in [0, 0.05) is 19.0 Å². The van der Waals surface area contributed by atoms with Crippen LogP contribution in [0.15, 0.2) is 78.9 Å². The van der Waals surface area contributed by atoms with Crippen LogP contribution in [0.1, 0.15) is 52.0 Å². The molecule has 0 unspecified atom stereocenters. The number of imide groups is 1. The molecule has 7 nitrogen and oxygen atoms in total. The van der Waals surface area contributed by atoms with E-state index in [1.807, 2.05) is 59.5 Å². The quantitative estimate of drug-likeness (QED) is 0.493. The van der Waals surface area contributed by atoms with E-state index in [4.69, 9.17) is 0 Å². The predicted octanol–water partition coefficient (Wildman–Crippen LogP) is 4.42. The number of benzene rings is 3. The smallest absolute Gasteiger partial charge is 0.261 e. The fourth-order valence-corrected chi connectivity index (χ4v) is 5.95. The van der Waals surface area contributed by atoms with Crippen LogP contribution in [-0.2, 0) is 16.1 Å². The Morgan fingerprint density at radius 3 is 2.05 bits per heavy atom. The van der Waals surface area contributed by atoms with Crippen molar-refractivity contribution in [1.29, 1.82) is 0 Å². The van der Waals surface area contributed by atoms with Crippen molar-refractivity contribution >= 4 is 35.0 Å². The van der Waals surface area contributed by atoms with E-state index < -0.39 is 0 Å². The van der Waals surface area contributed by atoms with Crippen LogP contribution in [0.2, 0.25) is 0 Å². The normalized spacial score (nSPS) is 20.5. The SMILES string of the molecule is O=C1c2ccccc2C(=O)N1CCC(=O)N1c2ccccc2N(Cc2ccccc2)C(=O)[C@H]2CCC[C@H]21. The highest BCUT2D eigenvalue weighted by atomic mass is 16.2. The van der Waals surface area contributed by atoms with Crippen LogP contribution in [0.3, 0.4) is 0 Å². The van der Waals surface area contributed by atoms with Crippen molar-refractivity contribution in [3.63, 3.8) is 0 Å². The van der Waals surface area contributed by atoms with E-state index in [0.717, 1.165) is 29.7 Å². The molecule has 0 saturated heterocycles. The number of carbonyl (C=O) groups excluding carboxylic acids is 4. The number of nitrogens with zero attached hydrogens (tertiary/aromatic N) is 3. The van der Waals surface area contributed by atoms with Crippen molar-refractivity contribution in [2.24, 2.45) is 5.92 Å². The second-order valence-corrected chi connectivity index (χ2v) is 9.82. The molecule has 3 aliphatic rings. The molecule has 37 heavy (non-hydrogen) atoms. The summed E-state index contributed by atoms with van der Waals surface area (Å²) in [7, 11) is 0. The van der Waals surface area contributed by atoms with Gasteiger partial charge >= 0.3 is 0 Å². The zero-order chi connectivity index (χ0) is 25.5. The van der Waals surface area contributed by atoms with Crippen molar-refractivity contribution in [2.75, 3.05) is 16.3 Å². The van der Waals surface area contributed by atoms with Crippen LogP contribution in [0, 0.1) is 5.92 Å². The number of carbonyl (C=O) groups is 4. The van der Waals surface area contributed by atoms with Gasteiger partial charge in [-0.3, -0.25) is 24.1 Å². The third-order valence-corrected chi connectivity index (χ3v) is 7.71. The van der Waals surface area contributed by atoms with Crippen LogP contribution >= 0.6 is 0 Å². The summed E-state index contributed by atoms with van der Waals surface area (Å²) in [5, 5.41) is 0. The van der Waals surface area contributed by atoms with Crippen molar-refractivity contribution in [1.82, 2.24) is 4.90 Å². The summed E-state index contributed by atoms with van der Waals surface area (Å²) in [6, 6.07) is 23.9. The summed E-state index contributed by atoms with van der Waals surface area (Å²) in [6.45, 7) is 0.430. The average molecular weight is 494 g/mol. The average Bonchev–Trinajstić information content (AvgIpc) is 3.47. The van der Waals surface area contributed by atoms with E-state index in [0.29, 0.717) is 29.0 Å². The third kappa shape index (κ3) is 3.91. The molecule has 2 atom stereocenters. The molecule has 3 aromatic carbocycles. The summed E-state index contributed by atoms with van der Waals surface area (Å²) in [5.74, 6) is -1.18. The monoisotopic (exact) mass is 493 g/mol. The van der Waals surface area contributed by atoms with Crippen LogP contribution in [0.4, 0.5) is 11.4 Å². The molecule has 186 valence electrons. The Labute approximate surface area is 215 Å². The Morgan fingerprint density at radius 2 is 1.35 bits per heavy atom. The summed E-state index contributed by atoms with van der Waals surface area (Å²) >= 11 is 0. The minimum absolute atomic E-state index is 0.00289. The first kappa shape index (κ1) is 23.2. The largest absolute Gasteiger partial charge is 0.306 e. The Balaban J connectivity index is 1.30. The second kappa shape index (κ2) is 9.32. The number of hydrogen-bond acceptors (Lipinski definition) is 4. The van der Waals surface area contributed by atoms with Crippen LogP contribution in [0.5, 0.6) is 0 Å². The number of hydrogen-bond donors (Lipinski definition) is 0. The topological polar surface area (TPSA) is 78.0 Å². The lowest BCUT2D eigenvalue weighted by molar-refractivity contribution is -0.123. The molecule has 7 heteroatoms. The number of anilines is 2. The van der Waals surface area contributed by atoms with Gasteiger partial charge in [0.1, 0.15) is 0 Å². The lowest BCUT2D eigenvalue weighted by Gasteiger charge is -2.31. The van der Waals surface area contributed by atoms with E-state index in [2.05, 4.69) is 0 Å². The molecule has 3 aromatic rings. The highest BCUT2D eigenvalue weighted by Gasteiger charge is 2.45. The molecule has 0 aromatic heterocycles. The molecule has 0 N–H and O–H groups in total. The van der Waals surface area contributed by atoms with Crippen LogP contribution in [0.25, 0.3) is 0 Å². The Bertz CT molecular complexity index is 1370. The number of para-hydroxylation sites is 2. The predicted molar refractivity (Wildman–Crippen MR) is 139 cm³/mol. The van der Waals surface area contributed by atoms with E-state index >= 15 is 0 Å². The van der Waals surface area contributed by atoms with E-state index in [1.165, 1.54) is 0 Å². The maximum absolute atomic E-state index is 13.8. The van der Waals surface area contributed by atoms with Gasteiger partial charge in [0.15, 0.2) is 0 Å². The van der Waals surface area contributed by atoms with Crippen molar-refractivity contribution in [3.8, 4) is 0 Å². The lowest BCUT2D eigenvalue weighted by atomic mass is 10.00. The highest BCUT2D eigenvalue weighted by molar-refractivity contribution is 6.21. The maximum atomic E-state index is 13.8. The standard InChI is InChI=1S/C30H27N3O4/c34-27(17-18-31-28(35)21-11-4-5-12-22(21)29(31)36)33-24-16-8-13-23(24)30(37)32(19-20-9-2-1-3-10-20)25-14-6-7-15-26(25)33/h1-7,9-12,14-15,23-24H,8,13,16-19H2/t23-,24+/m0/s1. The summed E-state index contributed by atoms with van der Waals surface area (Å²) in [5.41, 5.74) is 3.18. The van der Waals surface area contributed by atoms with Gasteiger partial charge in [0.2, 0.25) is 11.8 Å². The number of amides is 4. The first-order valence-corrected chi connectivity index (χ1v) is 12.8. The van der Waals surface area contributed by atoms with Gasteiger partial charge in [-0.25, -0.2) is 0 Å².